The van der Waals surface area contributed by atoms with Crippen molar-refractivity contribution in [3.63, 3.8) is 0 Å². The van der Waals surface area contributed by atoms with Crippen molar-refractivity contribution in [1.82, 2.24) is 20.2 Å². The minimum Gasteiger partial charge on any atom is -0.311 e. The van der Waals surface area contributed by atoms with E-state index >= 15 is 0 Å². The molecule has 4 nitrogen and oxygen atoms in total. The lowest BCUT2D eigenvalue weighted by atomic mass is 10.3. The summed E-state index contributed by atoms with van der Waals surface area (Å²) in [4.78, 5) is 10.9. The average molecular weight is 270 g/mol. The van der Waals surface area contributed by atoms with E-state index in [0.717, 1.165) is 37.6 Å². The van der Waals surface area contributed by atoms with Crippen molar-refractivity contribution >= 4 is 0 Å². The first-order valence-electron chi connectivity index (χ1n) is 6.95. The van der Waals surface area contributed by atoms with Crippen LogP contribution in [0.4, 0.5) is 0 Å². The summed E-state index contributed by atoms with van der Waals surface area (Å²) in [5.41, 5.74) is 3.42. The van der Waals surface area contributed by atoms with Crippen LogP contribution < -0.4 is 5.32 Å². The number of hydrogen-bond acceptors (Lipinski definition) is 4. The predicted molar refractivity (Wildman–Crippen MR) is 81.3 cm³/mol. The Kier molecular flexibility index (Phi) is 5.65. The second kappa shape index (κ2) is 7.72. The van der Waals surface area contributed by atoms with Gasteiger partial charge in [-0.2, -0.15) is 0 Å². The molecule has 106 valence electrons. The van der Waals surface area contributed by atoms with Crippen LogP contribution in [0.15, 0.2) is 42.7 Å². The first-order valence-corrected chi connectivity index (χ1v) is 6.95. The van der Waals surface area contributed by atoms with Gasteiger partial charge in [0.15, 0.2) is 0 Å². The molecule has 4 heteroatoms. The van der Waals surface area contributed by atoms with E-state index in [1.807, 2.05) is 25.3 Å². The molecule has 20 heavy (non-hydrogen) atoms. The highest BCUT2D eigenvalue weighted by molar-refractivity contribution is 5.10. The average Bonchev–Trinajstić information content (AvgIpc) is 2.45. The van der Waals surface area contributed by atoms with E-state index < -0.39 is 0 Å². The molecular weight excluding hydrogens is 248 g/mol. The van der Waals surface area contributed by atoms with Crippen LogP contribution in [0.2, 0.25) is 0 Å². The van der Waals surface area contributed by atoms with Crippen LogP contribution >= 0.6 is 0 Å². The molecule has 1 N–H and O–H groups in total. The lowest BCUT2D eigenvalue weighted by molar-refractivity contribution is 0.320. The van der Waals surface area contributed by atoms with Gasteiger partial charge in [0.1, 0.15) is 0 Å². The molecule has 0 unspecified atom stereocenters. The van der Waals surface area contributed by atoms with E-state index in [4.69, 9.17) is 0 Å². The molecule has 2 rings (SSSR count). The summed E-state index contributed by atoms with van der Waals surface area (Å²) >= 11 is 0. The van der Waals surface area contributed by atoms with Crippen LogP contribution in [0.25, 0.3) is 0 Å². The Bertz CT molecular complexity index is 513. The number of aryl methyl sites for hydroxylation is 1. The van der Waals surface area contributed by atoms with Gasteiger partial charge in [-0.3, -0.25) is 14.9 Å². The van der Waals surface area contributed by atoms with E-state index in [1.54, 1.807) is 6.20 Å². The largest absolute Gasteiger partial charge is 0.311 e. The number of nitrogens with zero attached hydrogens (tertiary/aromatic N) is 3. The molecule has 0 atom stereocenters. The quantitative estimate of drug-likeness (QED) is 0.781. The zero-order valence-electron chi connectivity index (χ0n) is 12.2. The maximum Gasteiger partial charge on any atom is 0.0547 e. The van der Waals surface area contributed by atoms with Crippen molar-refractivity contribution in [3.8, 4) is 0 Å². The molecule has 2 heterocycles. The van der Waals surface area contributed by atoms with Crippen molar-refractivity contribution in [2.75, 3.05) is 20.1 Å². The highest BCUT2D eigenvalue weighted by Crippen LogP contribution is 2.01. The number of likely N-dealkylation sites (N-methyl/N-ethyl adjacent to an activating group) is 1. The van der Waals surface area contributed by atoms with Gasteiger partial charge in [0, 0.05) is 44.3 Å². The number of aromatic nitrogens is 2. The van der Waals surface area contributed by atoms with Gasteiger partial charge in [-0.05, 0) is 37.7 Å². The maximum atomic E-state index is 4.52. The van der Waals surface area contributed by atoms with E-state index in [1.165, 1.54) is 5.56 Å². The molecule has 0 bridgehead atoms. The lowest BCUT2D eigenvalue weighted by Gasteiger charge is -2.16. The maximum absolute atomic E-state index is 4.52. The van der Waals surface area contributed by atoms with Gasteiger partial charge in [-0.25, -0.2) is 0 Å². The first-order chi connectivity index (χ1) is 9.74. The van der Waals surface area contributed by atoms with Crippen molar-refractivity contribution in [3.05, 3.63) is 59.7 Å². The predicted octanol–water partition coefficient (Wildman–Crippen LogP) is 2.01. The molecule has 0 aliphatic carbocycles. The molecule has 0 radical (unpaired) electrons. The summed E-state index contributed by atoms with van der Waals surface area (Å²) in [7, 11) is 2.12. The Morgan fingerprint density at radius 1 is 1.20 bits per heavy atom. The Balaban J connectivity index is 1.66. The third-order valence-electron chi connectivity index (χ3n) is 3.10. The zero-order chi connectivity index (χ0) is 14.2. The van der Waals surface area contributed by atoms with E-state index in [0.29, 0.717) is 0 Å². The Morgan fingerprint density at radius 2 is 2.10 bits per heavy atom. The Morgan fingerprint density at radius 3 is 2.85 bits per heavy atom. The summed E-state index contributed by atoms with van der Waals surface area (Å²) in [6, 6.07) is 10.2. The van der Waals surface area contributed by atoms with Gasteiger partial charge in [0.25, 0.3) is 0 Å². The van der Waals surface area contributed by atoms with E-state index in [-0.39, 0.29) is 0 Å². The van der Waals surface area contributed by atoms with Gasteiger partial charge in [0.05, 0.1) is 5.69 Å². The summed E-state index contributed by atoms with van der Waals surface area (Å²) in [6.45, 7) is 5.73. The molecule has 0 amide bonds. The minimum atomic E-state index is 0.865. The monoisotopic (exact) mass is 270 g/mol. The first kappa shape index (κ1) is 14.6. The molecule has 2 aromatic heterocycles. The van der Waals surface area contributed by atoms with Gasteiger partial charge in [-0.1, -0.05) is 12.1 Å². The standard InChI is InChI=1S/C16H22N4/c1-14-5-3-7-16(19-14)13-20(2)10-9-18-12-15-6-4-8-17-11-15/h3-8,11,18H,9-10,12-13H2,1-2H3. The second-order valence-electron chi connectivity index (χ2n) is 5.05. The molecule has 0 spiro atoms. The number of pyridine rings is 2. The van der Waals surface area contributed by atoms with Crippen LogP contribution in [0.5, 0.6) is 0 Å². The normalized spacial score (nSPS) is 10.9. The molecule has 0 saturated heterocycles. The number of rotatable bonds is 7. The summed E-state index contributed by atoms with van der Waals surface area (Å²) in [5, 5.41) is 3.43. The minimum absolute atomic E-state index is 0.865. The van der Waals surface area contributed by atoms with Crippen LogP contribution in [-0.2, 0) is 13.1 Å². The molecule has 0 aliphatic heterocycles. The van der Waals surface area contributed by atoms with Crippen LogP contribution in [0.1, 0.15) is 17.0 Å². The molecule has 0 saturated carbocycles. The summed E-state index contributed by atoms with van der Waals surface area (Å²) < 4.78 is 0. The van der Waals surface area contributed by atoms with Gasteiger partial charge in [0.2, 0.25) is 0 Å². The van der Waals surface area contributed by atoms with Crippen molar-refractivity contribution in [2.45, 2.75) is 20.0 Å². The fraction of sp³-hybridized carbons (Fsp3) is 0.375. The highest BCUT2D eigenvalue weighted by Gasteiger charge is 2.01. The molecule has 0 aromatic carbocycles. The highest BCUT2D eigenvalue weighted by atomic mass is 15.1. The fourth-order valence-corrected chi connectivity index (χ4v) is 2.05. The fourth-order valence-electron chi connectivity index (χ4n) is 2.05. The number of nitrogens with one attached hydrogen (secondary N) is 1. The molecular formula is C16H22N4. The Labute approximate surface area is 120 Å². The third kappa shape index (κ3) is 5.07. The van der Waals surface area contributed by atoms with E-state index in [9.17, 15) is 0 Å². The molecule has 0 aliphatic rings. The molecule has 0 fully saturated rings. The second-order valence-corrected chi connectivity index (χ2v) is 5.05. The number of hydrogen-bond donors (Lipinski definition) is 1. The van der Waals surface area contributed by atoms with Crippen molar-refractivity contribution < 1.29 is 0 Å². The zero-order valence-corrected chi connectivity index (χ0v) is 12.2. The van der Waals surface area contributed by atoms with Gasteiger partial charge in [-0.15, -0.1) is 0 Å². The topological polar surface area (TPSA) is 41.0 Å². The van der Waals surface area contributed by atoms with Gasteiger partial charge >= 0.3 is 0 Å². The third-order valence-corrected chi connectivity index (χ3v) is 3.10. The van der Waals surface area contributed by atoms with Crippen LogP contribution in [-0.4, -0.2) is 35.0 Å². The van der Waals surface area contributed by atoms with E-state index in [2.05, 4.69) is 45.4 Å². The van der Waals surface area contributed by atoms with Crippen LogP contribution in [0, 0.1) is 6.92 Å². The Hall–Kier alpha value is -1.78. The van der Waals surface area contributed by atoms with Gasteiger partial charge < -0.3 is 5.32 Å². The smallest absolute Gasteiger partial charge is 0.0547 e. The van der Waals surface area contributed by atoms with Crippen molar-refractivity contribution in [2.24, 2.45) is 0 Å². The molecule has 2 aromatic rings. The van der Waals surface area contributed by atoms with Crippen molar-refractivity contribution in [1.29, 1.82) is 0 Å². The summed E-state index contributed by atoms with van der Waals surface area (Å²) in [6.07, 6.45) is 3.69. The van der Waals surface area contributed by atoms with Crippen LogP contribution in [0.3, 0.4) is 0 Å². The lowest BCUT2D eigenvalue weighted by Crippen LogP contribution is -2.29. The summed E-state index contributed by atoms with van der Waals surface area (Å²) in [5.74, 6) is 0. The SMILES string of the molecule is Cc1cccc(CN(C)CCNCc2cccnc2)n1.